The second kappa shape index (κ2) is 6.79. The van der Waals surface area contributed by atoms with Crippen LogP contribution in [-0.2, 0) is 4.74 Å². The molecule has 0 amide bonds. The summed E-state index contributed by atoms with van der Waals surface area (Å²) in [6.07, 6.45) is 8.90. The summed E-state index contributed by atoms with van der Waals surface area (Å²) in [5.41, 5.74) is 4.38. The molecule has 1 aromatic rings. The van der Waals surface area contributed by atoms with Crippen LogP contribution in [-0.4, -0.2) is 34.0 Å². The van der Waals surface area contributed by atoms with Crippen molar-refractivity contribution >= 4 is 0 Å². The standard InChI is InChI=1S/C14H19N4O2/c1-11(2)19-14-5-4-8-18(17-14)10-12(3)20-13-6-7-15-16-9-13/h4-9,11-12H,10H2,1-3H3/q-1. The fraction of sp³-hybridized carbons (Fsp3) is 0.429. The predicted octanol–water partition coefficient (Wildman–Crippen LogP) is 2.63. The van der Waals surface area contributed by atoms with Crippen LogP contribution in [0.2, 0.25) is 0 Å². The van der Waals surface area contributed by atoms with E-state index < -0.39 is 0 Å². The molecule has 0 saturated carbocycles. The Morgan fingerprint density at radius 3 is 2.80 bits per heavy atom. The van der Waals surface area contributed by atoms with Gasteiger partial charge in [0.15, 0.2) is 0 Å². The van der Waals surface area contributed by atoms with E-state index >= 15 is 0 Å². The van der Waals surface area contributed by atoms with Gasteiger partial charge in [-0.05, 0) is 39.1 Å². The lowest BCUT2D eigenvalue weighted by atomic mass is 10.3. The first kappa shape index (κ1) is 14.2. The molecule has 1 aliphatic heterocycles. The van der Waals surface area contributed by atoms with E-state index in [0.717, 1.165) is 0 Å². The largest absolute Gasteiger partial charge is 0.565 e. The van der Waals surface area contributed by atoms with Gasteiger partial charge in [0.2, 0.25) is 0 Å². The fourth-order valence-corrected chi connectivity index (χ4v) is 1.71. The maximum absolute atomic E-state index is 5.74. The van der Waals surface area contributed by atoms with Crippen LogP contribution in [0.25, 0.3) is 5.43 Å². The fourth-order valence-electron chi connectivity index (χ4n) is 1.71. The first-order valence-corrected chi connectivity index (χ1v) is 6.60. The van der Waals surface area contributed by atoms with E-state index in [1.807, 2.05) is 39.1 Å². The minimum atomic E-state index is -0.0361. The van der Waals surface area contributed by atoms with Crippen molar-refractivity contribution in [1.29, 1.82) is 0 Å². The van der Waals surface area contributed by atoms with Gasteiger partial charge in [-0.3, -0.25) is 0 Å². The molecule has 1 unspecified atom stereocenters. The third-order valence-corrected chi connectivity index (χ3v) is 2.42. The van der Waals surface area contributed by atoms with Gasteiger partial charge in [-0.2, -0.15) is 10.2 Å². The summed E-state index contributed by atoms with van der Waals surface area (Å²) in [6, 6.07) is 1.78. The number of aromatic nitrogens is 2. The van der Waals surface area contributed by atoms with Crippen LogP contribution >= 0.6 is 0 Å². The van der Waals surface area contributed by atoms with E-state index in [1.54, 1.807) is 23.5 Å². The molecule has 0 bridgehead atoms. The van der Waals surface area contributed by atoms with E-state index in [2.05, 4.69) is 15.6 Å². The number of ether oxygens (including phenoxy) is 2. The predicted molar refractivity (Wildman–Crippen MR) is 75.6 cm³/mol. The van der Waals surface area contributed by atoms with Gasteiger partial charge < -0.3 is 19.9 Å². The van der Waals surface area contributed by atoms with Gasteiger partial charge in [-0.25, -0.2) is 0 Å². The van der Waals surface area contributed by atoms with Gasteiger partial charge in [-0.1, -0.05) is 0 Å². The minimum Gasteiger partial charge on any atom is -0.565 e. The van der Waals surface area contributed by atoms with Crippen LogP contribution in [0.4, 0.5) is 0 Å². The molecule has 1 aromatic heterocycles. The summed E-state index contributed by atoms with van der Waals surface area (Å²) >= 11 is 0. The highest BCUT2D eigenvalue weighted by Crippen LogP contribution is 2.20. The molecule has 0 aliphatic carbocycles. The lowest BCUT2D eigenvalue weighted by molar-refractivity contribution is 0.135. The van der Waals surface area contributed by atoms with Crippen molar-refractivity contribution in [3.8, 4) is 5.75 Å². The van der Waals surface area contributed by atoms with Crippen LogP contribution in [0.3, 0.4) is 0 Å². The van der Waals surface area contributed by atoms with Gasteiger partial charge in [0, 0.05) is 18.5 Å². The number of hydrogen-bond donors (Lipinski definition) is 0. The molecule has 2 rings (SSSR count). The molecule has 6 heteroatoms. The average Bonchev–Trinajstić information content (AvgIpc) is 2.39. The van der Waals surface area contributed by atoms with Crippen LogP contribution in [0.1, 0.15) is 20.8 Å². The minimum absolute atomic E-state index is 0.0361. The van der Waals surface area contributed by atoms with Gasteiger partial charge >= 0.3 is 0 Å². The van der Waals surface area contributed by atoms with E-state index in [9.17, 15) is 0 Å². The molecular weight excluding hydrogens is 256 g/mol. The van der Waals surface area contributed by atoms with Crippen LogP contribution in [0.15, 0.2) is 42.7 Å². The SMILES string of the molecule is CC(C)OC1=CC=CN(CC(C)Oc2ccnnc2)[N-]1. The molecule has 0 saturated heterocycles. The molecule has 1 aliphatic rings. The maximum Gasteiger partial charge on any atom is 0.141 e. The second-order valence-electron chi connectivity index (χ2n) is 4.74. The number of allylic oxidation sites excluding steroid dienone is 2. The van der Waals surface area contributed by atoms with Crippen LogP contribution < -0.4 is 4.74 Å². The van der Waals surface area contributed by atoms with Gasteiger partial charge in [0.1, 0.15) is 11.9 Å². The highest BCUT2D eigenvalue weighted by Gasteiger charge is 2.07. The normalized spacial score (nSPS) is 15.6. The summed E-state index contributed by atoms with van der Waals surface area (Å²) in [7, 11) is 0. The molecule has 0 fully saturated rings. The van der Waals surface area contributed by atoms with Crippen molar-refractivity contribution in [2.45, 2.75) is 33.0 Å². The average molecular weight is 275 g/mol. The summed E-state index contributed by atoms with van der Waals surface area (Å²) in [4.78, 5) is 0. The Labute approximate surface area is 119 Å². The lowest BCUT2D eigenvalue weighted by Crippen LogP contribution is -2.29. The van der Waals surface area contributed by atoms with Crippen molar-refractivity contribution in [2.24, 2.45) is 0 Å². The summed E-state index contributed by atoms with van der Waals surface area (Å²) in [5, 5.41) is 9.29. The molecular formula is C14H19N4O2-. The Morgan fingerprint density at radius 2 is 2.10 bits per heavy atom. The van der Waals surface area contributed by atoms with Crippen LogP contribution in [0.5, 0.6) is 5.75 Å². The van der Waals surface area contributed by atoms with Crippen molar-refractivity contribution in [1.82, 2.24) is 15.2 Å². The second-order valence-corrected chi connectivity index (χ2v) is 4.74. The molecule has 108 valence electrons. The Balaban J connectivity index is 1.82. The molecule has 0 spiro atoms. The summed E-state index contributed by atoms with van der Waals surface area (Å²) in [6.45, 7) is 6.55. The van der Waals surface area contributed by atoms with Crippen LogP contribution in [0, 0.1) is 0 Å². The molecule has 6 nitrogen and oxygen atoms in total. The molecule has 2 heterocycles. The maximum atomic E-state index is 5.74. The zero-order chi connectivity index (χ0) is 14.4. The zero-order valence-electron chi connectivity index (χ0n) is 11.9. The smallest absolute Gasteiger partial charge is 0.141 e. The summed E-state index contributed by atoms with van der Waals surface area (Å²) < 4.78 is 11.3. The quantitative estimate of drug-likeness (QED) is 0.798. The number of rotatable bonds is 6. The highest BCUT2D eigenvalue weighted by molar-refractivity contribution is 5.22. The van der Waals surface area contributed by atoms with E-state index in [0.29, 0.717) is 18.2 Å². The van der Waals surface area contributed by atoms with Gasteiger partial charge in [0.05, 0.1) is 18.5 Å². The Morgan fingerprint density at radius 1 is 1.25 bits per heavy atom. The number of nitrogens with zero attached hydrogens (tertiary/aromatic N) is 4. The third kappa shape index (κ3) is 4.46. The molecule has 0 N–H and O–H groups in total. The third-order valence-electron chi connectivity index (χ3n) is 2.42. The first-order valence-electron chi connectivity index (χ1n) is 6.60. The Bertz CT molecular complexity index is 473. The molecule has 1 atom stereocenters. The first-order chi connectivity index (χ1) is 9.63. The zero-order valence-corrected chi connectivity index (χ0v) is 11.9. The van der Waals surface area contributed by atoms with Crippen molar-refractivity contribution in [2.75, 3.05) is 6.54 Å². The highest BCUT2D eigenvalue weighted by atomic mass is 16.5. The van der Waals surface area contributed by atoms with Crippen molar-refractivity contribution < 1.29 is 9.47 Å². The monoisotopic (exact) mass is 275 g/mol. The van der Waals surface area contributed by atoms with Gasteiger partial charge in [-0.15, -0.1) is 0 Å². The Hall–Kier alpha value is -2.24. The van der Waals surface area contributed by atoms with Gasteiger partial charge in [0.25, 0.3) is 0 Å². The molecule has 20 heavy (non-hydrogen) atoms. The summed E-state index contributed by atoms with van der Waals surface area (Å²) in [5.74, 6) is 1.31. The number of hydrogen-bond acceptors (Lipinski definition) is 5. The van der Waals surface area contributed by atoms with Crippen molar-refractivity contribution in [3.05, 3.63) is 48.1 Å². The van der Waals surface area contributed by atoms with E-state index in [4.69, 9.17) is 9.47 Å². The Kier molecular flexibility index (Phi) is 4.81. The van der Waals surface area contributed by atoms with Crippen molar-refractivity contribution in [3.63, 3.8) is 0 Å². The molecule has 0 aromatic carbocycles. The molecule has 0 radical (unpaired) electrons. The lowest BCUT2D eigenvalue weighted by Gasteiger charge is -2.42. The van der Waals surface area contributed by atoms with E-state index in [-0.39, 0.29) is 12.2 Å². The van der Waals surface area contributed by atoms with E-state index in [1.165, 1.54) is 0 Å². The topological polar surface area (TPSA) is 61.6 Å².